The Morgan fingerprint density at radius 3 is 0.978 bits per heavy atom. The SMILES string of the molecule is COc1ccc(NC(=O)[C@H](CCCCCN)NC(=O)c2cc(NC(=O)[C@H](CCCCN)NC(=O)c3cc(NC(=O)[C@@H](N)CCCCN)ccc3OC)ccc2OC)cc1C(=O)N[C@@H](CCCCN)C(=O)Nc1ccc(OC)c(C(=O)N[C@H](Cc2ccccc2)C(=O)O)c1. The fraction of sp³-hybridized carbons (Fsp3) is 0.409. The zero-order valence-corrected chi connectivity index (χ0v) is 53.1. The first-order chi connectivity index (χ1) is 44.8. The minimum atomic E-state index is -1.30. The van der Waals surface area contributed by atoms with Crippen LogP contribution < -0.4 is 90.2 Å². The second-order valence-electron chi connectivity index (χ2n) is 21.8. The molecule has 0 aromatic heterocycles. The Kier molecular flexibility index (Phi) is 31.0. The standard InChI is InChI=1S/C66H89N13O14/c1-90-54-27-23-41(72-62(84)49(71)19-10-14-32-68)36-45(54)58(80)77-51(21-11-15-33-69)64(86)74-43-25-29-55(91-2)46(38-43)59(81)76-50(20-9-6-13-31-67)63(85)73-42-24-28-56(92-3)47(37-42)60(82)78-52(22-12-16-34-70)65(87)75-44-26-30-57(93-4)48(39-44)61(83)79-53(66(88)89)35-40-17-7-5-8-18-40/h5,7-8,17-18,23-30,36-39,49-53H,6,9-16,19-22,31-35,67-71H2,1-4H3,(H,72,84)(H,73,85)(H,74,86)(H,75,87)(H,76,81)(H,77,80)(H,78,82)(H,79,83)(H,88,89)/t49-,50-,51-,52-,53+/m0/s1. The van der Waals surface area contributed by atoms with Crippen molar-refractivity contribution < 1.29 is 67.2 Å². The lowest BCUT2D eigenvalue weighted by Crippen LogP contribution is -2.44. The summed E-state index contributed by atoms with van der Waals surface area (Å²) >= 11 is 0. The summed E-state index contributed by atoms with van der Waals surface area (Å²) in [5.41, 5.74) is 30.3. The van der Waals surface area contributed by atoms with Gasteiger partial charge in [-0.25, -0.2) is 4.79 Å². The van der Waals surface area contributed by atoms with Gasteiger partial charge < -0.3 is 95.3 Å². The number of carboxylic acid groups (broad SMARTS) is 1. The average molecular weight is 1290 g/mol. The third-order valence-corrected chi connectivity index (χ3v) is 15.0. The summed E-state index contributed by atoms with van der Waals surface area (Å²) < 4.78 is 22.0. The minimum absolute atomic E-state index is 0.00234. The number of carbonyl (C=O) groups excluding carboxylic acids is 8. The summed E-state index contributed by atoms with van der Waals surface area (Å²) in [6.45, 7) is 1.49. The number of unbranched alkanes of at least 4 members (excludes halogenated alkanes) is 5. The van der Waals surface area contributed by atoms with E-state index in [9.17, 15) is 48.3 Å². The van der Waals surface area contributed by atoms with Gasteiger partial charge in [-0.3, -0.25) is 38.4 Å². The molecule has 5 aromatic carbocycles. The molecule has 93 heavy (non-hydrogen) atoms. The molecule has 0 radical (unpaired) electrons. The van der Waals surface area contributed by atoms with Crippen LogP contribution in [0.15, 0.2) is 103 Å². The van der Waals surface area contributed by atoms with Gasteiger partial charge in [-0.2, -0.15) is 0 Å². The molecule has 0 aliphatic rings. The predicted octanol–water partition coefficient (Wildman–Crippen LogP) is 4.53. The summed E-state index contributed by atoms with van der Waals surface area (Å²) in [4.78, 5) is 124. The van der Waals surface area contributed by atoms with Gasteiger partial charge in [0.15, 0.2) is 0 Å². The van der Waals surface area contributed by atoms with Crippen molar-refractivity contribution in [2.45, 2.75) is 120 Å². The van der Waals surface area contributed by atoms with E-state index in [2.05, 4.69) is 42.5 Å². The van der Waals surface area contributed by atoms with E-state index in [1.54, 1.807) is 36.4 Å². The van der Waals surface area contributed by atoms with Crippen LogP contribution in [0.5, 0.6) is 23.0 Å². The number of carboxylic acids is 1. The normalized spacial score (nSPS) is 12.5. The molecule has 0 saturated heterocycles. The van der Waals surface area contributed by atoms with Crippen molar-refractivity contribution >= 4 is 76.0 Å². The van der Waals surface area contributed by atoms with Gasteiger partial charge in [0.2, 0.25) is 23.6 Å². The second kappa shape index (κ2) is 38.9. The number of carbonyl (C=O) groups is 9. The molecule has 27 nitrogen and oxygen atoms in total. The lowest BCUT2D eigenvalue weighted by Gasteiger charge is -2.22. The number of ether oxygens (including phenoxy) is 4. The van der Waals surface area contributed by atoms with Crippen LogP contribution in [0.1, 0.15) is 130 Å². The zero-order valence-electron chi connectivity index (χ0n) is 53.1. The van der Waals surface area contributed by atoms with Crippen LogP contribution in [0.3, 0.4) is 0 Å². The predicted molar refractivity (Wildman–Crippen MR) is 354 cm³/mol. The number of methoxy groups -OCH3 is 4. The van der Waals surface area contributed by atoms with E-state index in [-0.39, 0.29) is 93.7 Å². The zero-order chi connectivity index (χ0) is 67.8. The molecule has 502 valence electrons. The number of hydrogen-bond donors (Lipinski definition) is 14. The summed E-state index contributed by atoms with van der Waals surface area (Å²) in [5, 5.41) is 32.0. The molecule has 0 aliphatic heterocycles. The average Bonchev–Trinajstić information content (AvgIpc) is 0.879. The van der Waals surface area contributed by atoms with Crippen LogP contribution in [0, 0.1) is 0 Å². The molecule has 27 heteroatoms. The van der Waals surface area contributed by atoms with Gasteiger partial charge in [0.05, 0.1) is 56.7 Å². The largest absolute Gasteiger partial charge is 0.496 e. The molecule has 5 aromatic rings. The molecule has 0 fully saturated rings. The molecule has 5 rings (SSSR count). The van der Waals surface area contributed by atoms with Crippen LogP contribution in [0.2, 0.25) is 0 Å². The van der Waals surface area contributed by atoms with Crippen molar-refractivity contribution in [3.63, 3.8) is 0 Å². The first-order valence-corrected chi connectivity index (χ1v) is 30.8. The second-order valence-corrected chi connectivity index (χ2v) is 21.8. The minimum Gasteiger partial charge on any atom is -0.496 e. The number of nitrogens with two attached hydrogens (primary N) is 5. The summed E-state index contributed by atoms with van der Waals surface area (Å²) in [7, 11) is 5.39. The Labute approximate surface area is 541 Å². The maximum atomic E-state index is 14.4. The van der Waals surface area contributed by atoms with Gasteiger partial charge in [-0.1, -0.05) is 49.6 Å². The Morgan fingerprint density at radius 2 is 0.667 bits per heavy atom. The third-order valence-electron chi connectivity index (χ3n) is 15.0. The van der Waals surface area contributed by atoms with E-state index >= 15 is 0 Å². The molecular weight excluding hydrogens is 1200 g/mol. The number of nitrogens with one attached hydrogen (secondary N) is 8. The number of anilines is 4. The van der Waals surface area contributed by atoms with Crippen molar-refractivity contribution in [1.82, 2.24) is 21.3 Å². The molecule has 0 heterocycles. The van der Waals surface area contributed by atoms with Crippen LogP contribution in [0.4, 0.5) is 22.7 Å². The Morgan fingerprint density at radius 1 is 0.376 bits per heavy atom. The van der Waals surface area contributed by atoms with Gasteiger partial charge in [0.1, 0.15) is 47.2 Å². The Bertz CT molecular complexity index is 3340. The van der Waals surface area contributed by atoms with Gasteiger partial charge in [-0.05, 0) is 169 Å². The first-order valence-electron chi connectivity index (χ1n) is 30.8. The van der Waals surface area contributed by atoms with Crippen molar-refractivity contribution in [1.29, 1.82) is 0 Å². The number of hydrogen-bond acceptors (Lipinski definition) is 18. The van der Waals surface area contributed by atoms with Crippen molar-refractivity contribution in [2.24, 2.45) is 28.7 Å². The smallest absolute Gasteiger partial charge is 0.326 e. The molecular formula is C66H89N13O14. The highest BCUT2D eigenvalue weighted by Gasteiger charge is 2.30. The van der Waals surface area contributed by atoms with E-state index in [4.69, 9.17) is 47.6 Å². The van der Waals surface area contributed by atoms with Gasteiger partial charge in [0.25, 0.3) is 23.6 Å². The Balaban J connectivity index is 1.34. The van der Waals surface area contributed by atoms with Crippen molar-refractivity contribution in [3.8, 4) is 23.0 Å². The van der Waals surface area contributed by atoms with Gasteiger partial charge in [-0.15, -0.1) is 0 Å². The van der Waals surface area contributed by atoms with Crippen LogP contribution in [-0.2, 0) is 30.4 Å². The molecule has 19 N–H and O–H groups in total. The number of rotatable bonds is 40. The monoisotopic (exact) mass is 1290 g/mol. The number of amides is 8. The summed E-state index contributed by atoms with van der Waals surface area (Å²) in [5.74, 6) is -6.22. The molecule has 0 unspecified atom stereocenters. The first kappa shape index (κ1) is 74.1. The molecule has 5 atom stereocenters. The maximum absolute atomic E-state index is 14.4. The molecule has 0 saturated carbocycles. The maximum Gasteiger partial charge on any atom is 0.326 e. The lowest BCUT2D eigenvalue weighted by molar-refractivity contribution is -0.139. The number of benzene rings is 5. The molecule has 8 amide bonds. The van der Waals surface area contributed by atoms with Gasteiger partial charge >= 0.3 is 5.97 Å². The van der Waals surface area contributed by atoms with E-state index in [1.165, 1.54) is 95.2 Å². The molecule has 0 bridgehead atoms. The quantitative estimate of drug-likeness (QED) is 0.0240. The van der Waals surface area contributed by atoms with Crippen LogP contribution in [0.25, 0.3) is 0 Å². The fourth-order valence-electron chi connectivity index (χ4n) is 9.87. The van der Waals surface area contributed by atoms with E-state index in [0.717, 1.165) is 0 Å². The number of aliphatic carboxylic acids is 1. The molecule has 0 aliphatic carbocycles. The highest BCUT2D eigenvalue weighted by atomic mass is 16.5. The topological polar surface area (TPSA) is 437 Å². The highest BCUT2D eigenvalue weighted by Crippen LogP contribution is 2.29. The highest BCUT2D eigenvalue weighted by molar-refractivity contribution is 6.08. The van der Waals surface area contributed by atoms with E-state index < -0.39 is 83.4 Å². The van der Waals surface area contributed by atoms with E-state index in [0.29, 0.717) is 96.0 Å². The third kappa shape index (κ3) is 23.2. The van der Waals surface area contributed by atoms with Crippen molar-refractivity contribution in [2.75, 3.05) is 75.9 Å². The lowest BCUT2D eigenvalue weighted by atomic mass is 10.0. The Hall–Kier alpha value is -9.67. The van der Waals surface area contributed by atoms with Gasteiger partial charge in [0, 0.05) is 29.2 Å². The fourth-order valence-corrected chi connectivity index (χ4v) is 9.87. The van der Waals surface area contributed by atoms with Crippen molar-refractivity contribution in [3.05, 3.63) is 131 Å². The molecule has 0 spiro atoms. The summed E-state index contributed by atoms with van der Waals surface area (Å²) in [6.07, 6.45) is 5.83. The van der Waals surface area contributed by atoms with Crippen LogP contribution in [-0.4, -0.2) is 143 Å². The van der Waals surface area contributed by atoms with Crippen LogP contribution >= 0.6 is 0 Å². The summed E-state index contributed by atoms with van der Waals surface area (Å²) in [6, 6.07) is 20.5. The van der Waals surface area contributed by atoms with E-state index in [1.807, 2.05) is 0 Å².